The lowest BCUT2D eigenvalue weighted by Crippen LogP contribution is -2.57. The van der Waals surface area contributed by atoms with Gasteiger partial charge in [-0.1, -0.05) is 12.8 Å². The van der Waals surface area contributed by atoms with E-state index >= 15 is 0 Å². The Hall–Kier alpha value is -0.650. The molecule has 122 valence electrons. The minimum Gasteiger partial charge on any atom is -0.368 e. The fraction of sp³-hybridized carbons (Fsp3) is 0.938. The standard InChI is InChI=1S/C16H32N4O/c1-13(12-16(2,18-3)15(17)21)19-8-10-20(11-9-19)14-6-4-5-7-14/h13-14,18H,4-12H2,1-3H3,(H2,17,21). The van der Waals surface area contributed by atoms with Crippen LogP contribution in [0.4, 0.5) is 0 Å². The third-order valence-electron chi connectivity index (χ3n) is 5.61. The molecular formula is C16H32N4O. The molecular weight excluding hydrogens is 264 g/mol. The van der Waals surface area contributed by atoms with Gasteiger partial charge in [-0.3, -0.25) is 14.6 Å². The maximum absolute atomic E-state index is 11.6. The van der Waals surface area contributed by atoms with Gasteiger partial charge in [0, 0.05) is 38.3 Å². The molecule has 1 aliphatic carbocycles. The van der Waals surface area contributed by atoms with Gasteiger partial charge in [0.1, 0.15) is 0 Å². The van der Waals surface area contributed by atoms with Crippen LogP contribution < -0.4 is 11.1 Å². The zero-order chi connectivity index (χ0) is 15.5. The molecule has 21 heavy (non-hydrogen) atoms. The van der Waals surface area contributed by atoms with Gasteiger partial charge in [0.2, 0.25) is 5.91 Å². The number of carbonyl (C=O) groups excluding carboxylic acids is 1. The van der Waals surface area contributed by atoms with Gasteiger partial charge in [-0.25, -0.2) is 0 Å². The summed E-state index contributed by atoms with van der Waals surface area (Å²) < 4.78 is 0. The third-order valence-corrected chi connectivity index (χ3v) is 5.61. The summed E-state index contributed by atoms with van der Waals surface area (Å²) in [4.78, 5) is 16.8. The van der Waals surface area contributed by atoms with Crippen molar-refractivity contribution in [3.8, 4) is 0 Å². The van der Waals surface area contributed by atoms with Crippen molar-refractivity contribution in [2.24, 2.45) is 5.73 Å². The second-order valence-corrected chi connectivity index (χ2v) is 7.01. The molecule has 2 aliphatic rings. The van der Waals surface area contributed by atoms with Crippen LogP contribution in [-0.4, -0.2) is 66.6 Å². The lowest BCUT2D eigenvalue weighted by atomic mass is 9.92. The van der Waals surface area contributed by atoms with Crippen molar-refractivity contribution >= 4 is 5.91 Å². The van der Waals surface area contributed by atoms with Crippen LogP contribution in [0.2, 0.25) is 0 Å². The topological polar surface area (TPSA) is 61.6 Å². The van der Waals surface area contributed by atoms with Crippen molar-refractivity contribution in [1.29, 1.82) is 0 Å². The Labute approximate surface area is 129 Å². The van der Waals surface area contributed by atoms with Gasteiger partial charge >= 0.3 is 0 Å². The number of carbonyl (C=O) groups is 1. The first-order valence-electron chi connectivity index (χ1n) is 8.43. The summed E-state index contributed by atoms with van der Waals surface area (Å²) in [6.07, 6.45) is 6.34. The SMILES string of the molecule is CNC(C)(CC(C)N1CCN(C2CCCC2)CC1)C(N)=O. The number of likely N-dealkylation sites (N-methyl/N-ethyl adjacent to an activating group) is 1. The normalized spacial score (nSPS) is 26.6. The van der Waals surface area contributed by atoms with E-state index in [0.29, 0.717) is 6.04 Å². The highest BCUT2D eigenvalue weighted by Gasteiger charge is 2.34. The second-order valence-electron chi connectivity index (χ2n) is 7.01. The Kier molecular flexibility index (Phi) is 5.63. The molecule has 5 heteroatoms. The third kappa shape index (κ3) is 3.96. The van der Waals surface area contributed by atoms with Crippen LogP contribution in [0.3, 0.4) is 0 Å². The van der Waals surface area contributed by atoms with E-state index in [0.717, 1.165) is 25.6 Å². The molecule has 0 aromatic heterocycles. The average Bonchev–Trinajstić information content (AvgIpc) is 3.01. The number of hydrogen-bond acceptors (Lipinski definition) is 4. The average molecular weight is 296 g/mol. The number of hydrogen-bond donors (Lipinski definition) is 2. The fourth-order valence-electron chi connectivity index (χ4n) is 3.86. The van der Waals surface area contributed by atoms with Gasteiger partial charge < -0.3 is 11.1 Å². The van der Waals surface area contributed by atoms with Crippen LogP contribution in [0.25, 0.3) is 0 Å². The highest BCUT2D eigenvalue weighted by molar-refractivity contribution is 5.84. The zero-order valence-electron chi connectivity index (χ0n) is 13.9. The van der Waals surface area contributed by atoms with E-state index in [-0.39, 0.29) is 5.91 Å². The molecule has 1 heterocycles. The molecule has 2 unspecified atom stereocenters. The van der Waals surface area contributed by atoms with Crippen molar-refractivity contribution in [3.63, 3.8) is 0 Å². The van der Waals surface area contributed by atoms with E-state index in [1.807, 2.05) is 14.0 Å². The van der Waals surface area contributed by atoms with E-state index in [1.165, 1.54) is 38.8 Å². The molecule has 0 radical (unpaired) electrons. The summed E-state index contributed by atoms with van der Waals surface area (Å²) in [5.74, 6) is -0.263. The van der Waals surface area contributed by atoms with Gasteiger partial charge in [-0.05, 0) is 40.2 Å². The lowest BCUT2D eigenvalue weighted by molar-refractivity contribution is -0.124. The quantitative estimate of drug-likeness (QED) is 0.761. The van der Waals surface area contributed by atoms with Crippen molar-refractivity contribution < 1.29 is 4.79 Å². The number of rotatable bonds is 6. The van der Waals surface area contributed by atoms with E-state index < -0.39 is 5.54 Å². The minimum atomic E-state index is -0.609. The van der Waals surface area contributed by atoms with Crippen molar-refractivity contribution in [3.05, 3.63) is 0 Å². The second kappa shape index (κ2) is 7.07. The van der Waals surface area contributed by atoms with Gasteiger partial charge in [-0.15, -0.1) is 0 Å². The highest BCUT2D eigenvalue weighted by Crippen LogP contribution is 2.25. The molecule has 2 fully saturated rings. The number of amides is 1. The first-order valence-corrected chi connectivity index (χ1v) is 8.43. The Morgan fingerprint density at radius 3 is 2.33 bits per heavy atom. The molecule has 1 amide bonds. The smallest absolute Gasteiger partial charge is 0.237 e. The van der Waals surface area contributed by atoms with Gasteiger partial charge in [-0.2, -0.15) is 0 Å². The van der Waals surface area contributed by atoms with Crippen LogP contribution in [-0.2, 0) is 4.79 Å². The molecule has 5 nitrogen and oxygen atoms in total. The molecule has 0 bridgehead atoms. The molecule has 2 atom stereocenters. The largest absolute Gasteiger partial charge is 0.368 e. The van der Waals surface area contributed by atoms with E-state index in [2.05, 4.69) is 22.0 Å². The summed E-state index contributed by atoms with van der Waals surface area (Å²) in [5.41, 5.74) is 4.93. The maximum atomic E-state index is 11.6. The number of nitrogens with zero attached hydrogens (tertiary/aromatic N) is 2. The first kappa shape index (κ1) is 16.7. The molecule has 1 saturated heterocycles. The van der Waals surface area contributed by atoms with Crippen LogP contribution in [0.15, 0.2) is 0 Å². The predicted molar refractivity (Wildman–Crippen MR) is 86.1 cm³/mol. The maximum Gasteiger partial charge on any atom is 0.237 e. The molecule has 3 N–H and O–H groups in total. The van der Waals surface area contributed by atoms with Gasteiger partial charge in [0.25, 0.3) is 0 Å². The molecule has 1 saturated carbocycles. The molecule has 2 rings (SSSR count). The van der Waals surface area contributed by atoms with E-state index in [4.69, 9.17) is 5.73 Å². The van der Waals surface area contributed by atoms with Crippen LogP contribution in [0.5, 0.6) is 0 Å². The number of nitrogens with two attached hydrogens (primary N) is 1. The van der Waals surface area contributed by atoms with Gasteiger partial charge in [0.05, 0.1) is 5.54 Å². The summed E-state index contributed by atoms with van der Waals surface area (Å²) in [5, 5.41) is 3.09. The lowest BCUT2D eigenvalue weighted by Gasteiger charge is -2.42. The zero-order valence-corrected chi connectivity index (χ0v) is 13.9. The highest BCUT2D eigenvalue weighted by atomic mass is 16.1. The molecule has 1 aliphatic heterocycles. The first-order chi connectivity index (χ1) is 9.96. The number of nitrogens with one attached hydrogen (secondary N) is 1. The summed E-state index contributed by atoms with van der Waals surface area (Å²) in [6.45, 7) is 8.67. The minimum absolute atomic E-state index is 0.263. The van der Waals surface area contributed by atoms with Crippen LogP contribution in [0, 0.1) is 0 Å². The van der Waals surface area contributed by atoms with Crippen LogP contribution >= 0.6 is 0 Å². The van der Waals surface area contributed by atoms with Crippen molar-refractivity contribution in [1.82, 2.24) is 15.1 Å². The Morgan fingerprint density at radius 2 is 1.86 bits per heavy atom. The summed E-state index contributed by atoms with van der Waals surface area (Å²) in [6, 6.07) is 1.20. The monoisotopic (exact) mass is 296 g/mol. The molecule has 0 spiro atoms. The van der Waals surface area contributed by atoms with E-state index in [1.54, 1.807) is 0 Å². The summed E-state index contributed by atoms with van der Waals surface area (Å²) >= 11 is 0. The number of piperazine rings is 1. The predicted octanol–water partition coefficient (Wildman–Crippen LogP) is 0.789. The Bertz CT molecular complexity index is 348. The van der Waals surface area contributed by atoms with Crippen LogP contribution in [0.1, 0.15) is 46.0 Å². The van der Waals surface area contributed by atoms with Crippen molar-refractivity contribution in [2.45, 2.75) is 63.6 Å². The number of primary amides is 1. The van der Waals surface area contributed by atoms with Gasteiger partial charge in [0.15, 0.2) is 0 Å². The fourth-order valence-corrected chi connectivity index (χ4v) is 3.86. The molecule has 0 aromatic rings. The van der Waals surface area contributed by atoms with E-state index in [9.17, 15) is 4.79 Å². The summed E-state index contributed by atoms with van der Waals surface area (Å²) in [7, 11) is 1.81. The molecule has 0 aromatic carbocycles. The Balaban J connectivity index is 1.82. The Morgan fingerprint density at radius 1 is 1.29 bits per heavy atom. The van der Waals surface area contributed by atoms with Crippen molar-refractivity contribution in [2.75, 3.05) is 33.2 Å².